The first-order chi connectivity index (χ1) is 6.90. The molecule has 0 aliphatic carbocycles. The fourth-order valence-electron chi connectivity index (χ4n) is 1.52. The van der Waals surface area contributed by atoms with Gasteiger partial charge in [-0.25, -0.2) is 0 Å². The number of hydrogen-bond donors (Lipinski definition) is 2. The largest absolute Gasteiger partial charge is 0.384 e. The summed E-state index contributed by atoms with van der Waals surface area (Å²) in [6, 6.07) is 14.7. The maximum absolute atomic E-state index is 5.43. The van der Waals surface area contributed by atoms with E-state index in [1.54, 1.807) is 0 Å². The molecule has 0 unspecified atom stereocenters. The molecule has 0 aliphatic heterocycles. The van der Waals surface area contributed by atoms with E-state index in [0.717, 1.165) is 12.2 Å². The summed E-state index contributed by atoms with van der Waals surface area (Å²) in [5.74, 6) is 0. The van der Waals surface area contributed by atoms with Crippen molar-refractivity contribution < 1.29 is 0 Å². The van der Waals surface area contributed by atoms with Crippen LogP contribution < -0.4 is 11.1 Å². The first-order valence-corrected chi connectivity index (χ1v) is 4.83. The maximum atomic E-state index is 5.43. The first kappa shape index (κ1) is 15.0. The van der Waals surface area contributed by atoms with Crippen LogP contribution in [0.2, 0.25) is 0 Å². The van der Waals surface area contributed by atoms with Crippen molar-refractivity contribution >= 4 is 41.3 Å². The summed E-state index contributed by atoms with van der Waals surface area (Å²) in [5.41, 5.74) is 6.56. The molecule has 0 bridgehead atoms. The second-order valence-electron chi connectivity index (χ2n) is 3.28. The Morgan fingerprint density at radius 2 is 1.62 bits per heavy atom. The molecule has 4 heteroatoms. The standard InChI is InChI=1S/C12H14N2.2ClH/c13-7-8-14-12-6-5-10-3-1-2-4-11(10)9-12;;/h1-6,9,14H,7-8,13H2;2*1H. The van der Waals surface area contributed by atoms with Crippen molar-refractivity contribution in [3.05, 3.63) is 42.5 Å². The van der Waals surface area contributed by atoms with Crippen molar-refractivity contribution in [1.82, 2.24) is 0 Å². The molecule has 0 amide bonds. The van der Waals surface area contributed by atoms with Crippen molar-refractivity contribution in [1.29, 1.82) is 0 Å². The molecule has 0 atom stereocenters. The molecular weight excluding hydrogens is 243 g/mol. The summed E-state index contributed by atoms with van der Waals surface area (Å²) < 4.78 is 0. The second kappa shape index (κ2) is 7.34. The smallest absolute Gasteiger partial charge is 0.0347 e. The molecular formula is C12H16Cl2N2. The van der Waals surface area contributed by atoms with E-state index in [1.807, 2.05) is 0 Å². The Balaban J connectivity index is 0.00000112. The quantitative estimate of drug-likeness (QED) is 0.889. The lowest BCUT2D eigenvalue weighted by molar-refractivity contribution is 1.02. The van der Waals surface area contributed by atoms with Crippen LogP contribution in [0.25, 0.3) is 10.8 Å². The van der Waals surface area contributed by atoms with Crippen molar-refractivity contribution in [2.75, 3.05) is 18.4 Å². The maximum Gasteiger partial charge on any atom is 0.0347 e. The predicted molar refractivity (Wildman–Crippen MR) is 76.0 cm³/mol. The van der Waals surface area contributed by atoms with Gasteiger partial charge in [-0.1, -0.05) is 30.3 Å². The second-order valence-corrected chi connectivity index (χ2v) is 3.28. The normalized spacial score (nSPS) is 9.06. The van der Waals surface area contributed by atoms with Gasteiger partial charge >= 0.3 is 0 Å². The Kier molecular flexibility index (Phi) is 6.90. The highest BCUT2D eigenvalue weighted by atomic mass is 35.5. The van der Waals surface area contributed by atoms with E-state index in [2.05, 4.69) is 47.8 Å². The molecule has 0 aliphatic rings. The van der Waals surface area contributed by atoms with E-state index in [4.69, 9.17) is 5.73 Å². The SMILES string of the molecule is Cl.Cl.NCCNc1ccc2ccccc2c1. The highest BCUT2D eigenvalue weighted by molar-refractivity contribution is 5.86. The molecule has 0 saturated carbocycles. The lowest BCUT2D eigenvalue weighted by Gasteiger charge is -2.05. The van der Waals surface area contributed by atoms with Crippen LogP contribution in [0.1, 0.15) is 0 Å². The van der Waals surface area contributed by atoms with Gasteiger partial charge < -0.3 is 11.1 Å². The van der Waals surface area contributed by atoms with Crippen LogP contribution in [-0.4, -0.2) is 13.1 Å². The molecule has 0 heterocycles. The Morgan fingerprint density at radius 1 is 0.938 bits per heavy atom. The molecule has 3 N–H and O–H groups in total. The Morgan fingerprint density at radius 3 is 2.31 bits per heavy atom. The summed E-state index contributed by atoms with van der Waals surface area (Å²) >= 11 is 0. The average Bonchev–Trinajstić information content (AvgIpc) is 2.26. The third kappa shape index (κ3) is 3.56. The minimum Gasteiger partial charge on any atom is -0.384 e. The lowest BCUT2D eigenvalue weighted by atomic mass is 10.1. The van der Waals surface area contributed by atoms with Crippen LogP contribution in [-0.2, 0) is 0 Å². The third-order valence-corrected chi connectivity index (χ3v) is 2.22. The monoisotopic (exact) mass is 258 g/mol. The lowest BCUT2D eigenvalue weighted by Crippen LogP contribution is -2.12. The van der Waals surface area contributed by atoms with Crippen molar-refractivity contribution in [3.8, 4) is 0 Å². The van der Waals surface area contributed by atoms with Gasteiger partial charge in [-0.3, -0.25) is 0 Å². The van der Waals surface area contributed by atoms with Crippen LogP contribution in [0.3, 0.4) is 0 Å². The molecule has 0 aromatic heterocycles. The van der Waals surface area contributed by atoms with Crippen LogP contribution in [0.15, 0.2) is 42.5 Å². The van der Waals surface area contributed by atoms with E-state index in [-0.39, 0.29) is 24.8 Å². The minimum absolute atomic E-state index is 0. The van der Waals surface area contributed by atoms with E-state index < -0.39 is 0 Å². The first-order valence-electron chi connectivity index (χ1n) is 4.83. The summed E-state index contributed by atoms with van der Waals surface area (Å²) in [5, 5.41) is 5.79. The van der Waals surface area contributed by atoms with Crippen molar-refractivity contribution in [2.24, 2.45) is 5.73 Å². The van der Waals surface area contributed by atoms with Gasteiger partial charge in [0, 0.05) is 18.8 Å². The van der Waals surface area contributed by atoms with Gasteiger partial charge in [0.15, 0.2) is 0 Å². The number of rotatable bonds is 3. The molecule has 16 heavy (non-hydrogen) atoms. The van der Waals surface area contributed by atoms with Crippen LogP contribution in [0.4, 0.5) is 5.69 Å². The number of hydrogen-bond acceptors (Lipinski definition) is 2. The van der Waals surface area contributed by atoms with Crippen molar-refractivity contribution in [3.63, 3.8) is 0 Å². The van der Waals surface area contributed by atoms with Gasteiger partial charge in [0.1, 0.15) is 0 Å². The van der Waals surface area contributed by atoms with Gasteiger partial charge in [0.25, 0.3) is 0 Å². The van der Waals surface area contributed by atoms with Crippen LogP contribution >= 0.6 is 24.8 Å². The van der Waals surface area contributed by atoms with E-state index in [0.29, 0.717) is 6.54 Å². The van der Waals surface area contributed by atoms with Gasteiger partial charge in [-0.15, -0.1) is 24.8 Å². The zero-order valence-electron chi connectivity index (χ0n) is 8.85. The summed E-state index contributed by atoms with van der Waals surface area (Å²) in [6.07, 6.45) is 0. The van der Waals surface area contributed by atoms with Crippen LogP contribution in [0.5, 0.6) is 0 Å². The average molecular weight is 259 g/mol. The Labute approximate surface area is 108 Å². The van der Waals surface area contributed by atoms with E-state index in [9.17, 15) is 0 Å². The van der Waals surface area contributed by atoms with Gasteiger partial charge in [-0.2, -0.15) is 0 Å². The van der Waals surface area contributed by atoms with Crippen LogP contribution in [0, 0.1) is 0 Å². The number of nitrogens with one attached hydrogen (secondary N) is 1. The zero-order valence-corrected chi connectivity index (χ0v) is 10.5. The van der Waals surface area contributed by atoms with E-state index in [1.165, 1.54) is 10.8 Å². The predicted octanol–water partition coefficient (Wildman–Crippen LogP) is 3.05. The van der Waals surface area contributed by atoms with Gasteiger partial charge in [-0.05, 0) is 22.9 Å². The highest BCUT2D eigenvalue weighted by Gasteiger charge is 1.93. The molecule has 0 spiro atoms. The number of halogens is 2. The molecule has 0 saturated heterocycles. The van der Waals surface area contributed by atoms with Crippen molar-refractivity contribution in [2.45, 2.75) is 0 Å². The van der Waals surface area contributed by atoms with Gasteiger partial charge in [0.2, 0.25) is 0 Å². The molecule has 0 radical (unpaired) electrons. The zero-order chi connectivity index (χ0) is 9.80. The summed E-state index contributed by atoms with van der Waals surface area (Å²) in [7, 11) is 0. The number of nitrogens with two attached hydrogens (primary N) is 1. The van der Waals surface area contributed by atoms with Gasteiger partial charge in [0.05, 0.1) is 0 Å². The molecule has 2 aromatic carbocycles. The fraction of sp³-hybridized carbons (Fsp3) is 0.167. The number of anilines is 1. The molecule has 88 valence electrons. The topological polar surface area (TPSA) is 38.0 Å². The fourth-order valence-corrected chi connectivity index (χ4v) is 1.52. The summed E-state index contributed by atoms with van der Waals surface area (Å²) in [6.45, 7) is 1.48. The Bertz CT molecular complexity index is 432. The Hall–Kier alpha value is -0.960. The third-order valence-electron chi connectivity index (χ3n) is 2.22. The minimum atomic E-state index is 0. The number of fused-ring (bicyclic) bond motifs is 1. The highest BCUT2D eigenvalue weighted by Crippen LogP contribution is 2.18. The summed E-state index contributed by atoms with van der Waals surface area (Å²) in [4.78, 5) is 0. The number of benzene rings is 2. The van der Waals surface area contributed by atoms with E-state index >= 15 is 0 Å². The molecule has 2 nitrogen and oxygen atoms in total. The molecule has 2 rings (SSSR count). The molecule has 0 fully saturated rings. The molecule has 2 aromatic rings.